The number of aryl methyl sites for hydroxylation is 1. The van der Waals surface area contributed by atoms with E-state index in [0.717, 1.165) is 55.7 Å². The van der Waals surface area contributed by atoms with Gasteiger partial charge in [-0.3, -0.25) is 9.88 Å². The van der Waals surface area contributed by atoms with Gasteiger partial charge in [0.05, 0.1) is 18.9 Å². The van der Waals surface area contributed by atoms with E-state index < -0.39 is 0 Å². The summed E-state index contributed by atoms with van der Waals surface area (Å²) < 4.78 is 7.49. The van der Waals surface area contributed by atoms with Crippen molar-refractivity contribution >= 4 is 0 Å². The fraction of sp³-hybridized carbons (Fsp3) is 0.381. The summed E-state index contributed by atoms with van der Waals surface area (Å²) in [6.45, 7) is 8.84. The van der Waals surface area contributed by atoms with Crippen molar-refractivity contribution in [2.45, 2.75) is 19.8 Å². The molecule has 1 aromatic carbocycles. The van der Waals surface area contributed by atoms with Gasteiger partial charge in [0.2, 0.25) is 0 Å². The third kappa shape index (κ3) is 3.91. The maximum absolute atomic E-state index is 5.48. The molecule has 1 aliphatic heterocycles. The van der Waals surface area contributed by atoms with Gasteiger partial charge in [0.1, 0.15) is 5.82 Å². The summed E-state index contributed by atoms with van der Waals surface area (Å²) in [6.07, 6.45) is 3.56. The molecule has 3 heterocycles. The molecule has 0 radical (unpaired) electrons. The standard InChI is InChI=1S/C21H25N5O/c1-16-5-3-4-6-19(16)26-21(17(2)15-25-11-13-27-14-12-25)23-20(24-26)18-7-9-22-10-8-18/h3-10,17H,11-15H2,1-2H3. The zero-order chi connectivity index (χ0) is 18.6. The van der Waals surface area contributed by atoms with E-state index in [1.807, 2.05) is 22.9 Å². The number of benzene rings is 1. The highest BCUT2D eigenvalue weighted by molar-refractivity contribution is 5.54. The van der Waals surface area contributed by atoms with E-state index in [1.165, 1.54) is 5.56 Å². The lowest BCUT2D eigenvalue weighted by Crippen LogP contribution is -2.38. The van der Waals surface area contributed by atoms with Gasteiger partial charge in [-0.05, 0) is 30.7 Å². The molecule has 2 aromatic heterocycles. The predicted molar refractivity (Wildman–Crippen MR) is 105 cm³/mol. The van der Waals surface area contributed by atoms with Crippen molar-refractivity contribution in [2.75, 3.05) is 32.8 Å². The van der Waals surface area contributed by atoms with Crippen molar-refractivity contribution in [1.29, 1.82) is 0 Å². The van der Waals surface area contributed by atoms with Gasteiger partial charge in [-0.2, -0.15) is 0 Å². The van der Waals surface area contributed by atoms with E-state index in [0.29, 0.717) is 0 Å². The summed E-state index contributed by atoms with van der Waals surface area (Å²) in [6, 6.07) is 12.2. The highest BCUT2D eigenvalue weighted by Gasteiger charge is 2.22. The number of nitrogens with zero attached hydrogens (tertiary/aromatic N) is 5. The lowest BCUT2D eigenvalue weighted by atomic mass is 10.1. The smallest absolute Gasteiger partial charge is 0.181 e. The summed E-state index contributed by atoms with van der Waals surface area (Å²) in [4.78, 5) is 11.5. The van der Waals surface area contributed by atoms with Gasteiger partial charge in [-0.25, -0.2) is 9.67 Å². The number of hydrogen-bond acceptors (Lipinski definition) is 5. The fourth-order valence-electron chi connectivity index (χ4n) is 3.50. The van der Waals surface area contributed by atoms with Gasteiger partial charge in [0.15, 0.2) is 5.82 Å². The molecule has 3 aromatic rings. The normalized spacial score (nSPS) is 16.4. The molecule has 0 spiro atoms. The molecule has 4 rings (SSSR count). The molecule has 0 N–H and O–H groups in total. The second-order valence-electron chi connectivity index (χ2n) is 7.04. The molecule has 140 valence electrons. The van der Waals surface area contributed by atoms with Gasteiger partial charge in [-0.1, -0.05) is 25.1 Å². The van der Waals surface area contributed by atoms with Crippen LogP contribution < -0.4 is 0 Å². The Morgan fingerprint density at radius 1 is 1.07 bits per heavy atom. The van der Waals surface area contributed by atoms with Crippen molar-refractivity contribution in [3.8, 4) is 17.1 Å². The molecule has 1 aliphatic rings. The summed E-state index contributed by atoms with van der Waals surface area (Å²) in [5.74, 6) is 1.98. The van der Waals surface area contributed by atoms with E-state index in [-0.39, 0.29) is 5.92 Å². The van der Waals surface area contributed by atoms with Crippen LogP contribution in [0, 0.1) is 6.92 Å². The lowest BCUT2D eigenvalue weighted by molar-refractivity contribution is 0.0353. The topological polar surface area (TPSA) is 56.1 Å². The molecule has 6 nitrogen and oxygen atoms in total. The minimum absolute atomic E-state index is 0.255. The highest BCUT2D eigenvalue weighted by atomic mass is 16.5. The van der Waals surface area contributed by atoms with Gasteiger partial charge < -0.3 is 4.74 Å². The number of morpholine rings is 1. The van der Waals surface area contributed by atoms with Gasteiger partial charge in [0, 0.05) is 43.5 Å². The number of ether oxygens (including phenoxy) is 1. The first-order valence-electron chi connectivity index (χ1n) is 9.46. The average molecular weight is 363 g/mol. The summed E-state index contributed by atoms with van der Waals surface area (Å²) in [7, 11) is 0. The Hall–Kier alpha value is -2.57. The van der Waals surface area contributed by atoms with Crippen LogP contribution in [0.2, 0.25) is 0 Å². The molecule has 0 amide bonds. The Bertz CT molecular complexity index is 887. The monoisotopic (exact) mass is 363 g/mol. The van der Waals surface area contributed by atoms with Crippen LogP contribution in [0.5, 0.6) is 0 Å². The van der Waals surface area contributed by atoms with Gasteiger partial charge >= 0.3 is 0 Å². The van der Waals surface area contributed by atoms with Crippen LogP contribution in [0.3, 0.4) is 0 Å². The molecule has 0 bridgehead atoms. The molecule has 1 atom stereocenters. The maximum atomic E-state index is 5.48. The summed E-state index contributed by atoms with van der Waals surface area (Å²) in [5, 5.41) is 4.86. The second-order valence-corrected chi connectivity index (χ2v) is 7.04. The second kappa shape index (κ2) is 7.98. The van der Waals surface area contributed by atoms with E-state index in [4.69, 9.17) is 14.8 Å². The number of rotatable bonds is 5. The first-order chi connectivity index (χ1) is 13.2. The van der Waals surface area contributed by atoms with Crippen LogP contribution in [0.1, 0.15) is 24.2 Å². The first kappa shape index (κ1) is 17.8. The molecule has 1 fully saturated rings. The Kier molecular flexibility index (Phi) is 5.27. The van der Waals surface area contributed by atoms with Crippen molar-refractivity contribution in [3.63, 3.8) is 0 Å². The SMILES string of the molecule is Cc1ccccc1-n1nc(-c2ccncc2)nc1C(C)CN1CCOCC1. The molecule has 27 heavy (non-hydrogen) atoms. The lowest BCUT2D eigenvalue weighted by Gasteiger charge is -2.28. The van der Waals surface area contributed by atoms with Gasteiger partial charge in [0.25, 0.3) is 0 Å². The van der Waals surface area contributed by atoms with E-state index in [2.05, 4.69) is 41.9 Å². The number of hydrogen-bond donors (Lipinski definition) is 0. The molecule has 0 aliphatic carbocycles. The van der Waals surface area contributed by atoms with Crippen LogP contribution in [0.25, 0.3) is 17.1 Å². The zero-order valence-electron chi connectivity index (χ0n) is 15.9. The number of aromatic nitrogens is 4. The number of para-hydroxylation sites is 1. The van der Waals surface area contributed by atoms with Crippen LogP contribution in [0.15, 0.2) is 48.8 Å². The molecule has 6 heteroatoms. The third-order valence-electron chi connectivity index (χ3n) is 4.99. The molecular weight excluding hydrogens is 338 g/mol. The summed E-state index contributed by atoms with van der Waals surface area (Å²) >= 11 is 0. The minimum Gasteiger partial charge on any atom is -0.379 e. The van der Waals surface area contributed by atoms with Gasteiger partial charge in [-0.15, -0.1) is 5.10 Å². The Morgan fingerprint density at radius 3 is 2.56 bits per heavy atom. The largest absolute Gasteiger partial charge is 0.379 e. The Balaban J connectivity index is 1.72. The van der Waals surface area contributed by atoms with E-state index in [9.17, 15) is 0 Å². The zero-order valence-corrected chi connectivity index (χ0v) is 15.9. The fourth-order valence-corrected chi connectivity index (χ4v) is 3.50. The Morgan fingerprint density at radius 2 is 1.81 bits per heavy atom. The van der Waals surface area contributed by atoms with E-state index in [1.54, 1.807) is 12.4 Å². The van der Waals surface area contributed by atoms with E-state index >= 15 is 0 Å². The molecule has 0 saturated carbocycles. The molecule has 1 saturated heterocycles. The van der Waals surface area contributed by atoms with Crippen LogP contribution >= 0.6 is 0 Å². The van der Waals surface area contributed by atoms with Crippen molar-refractivity contribution in [2.24, 2.45) is 0 Å². The molecule has 1 unspecified atom stereocenters. The average Bonchev–Trinajstić information content (AvgIpc) is 3.15. The third-order valence-corrected chi connectivity index (χ3v) is 4.99. The summed E-state index contributed by atoms with van der Waals surface area (Å²) in [5.41, 5.74) is 3.25. The maximum Gasteiger partial charge on any atom is 0.181 e. The predicted octanol–water partition coefficient (Wildman–Crippen LogP) is 3.07. The highest BCUT2D eigenvalue weighted by Crippen LogP contribution is 2.25. The number of pyridine rings is 1. The Labute approximate surface area is 159 Å². The van der Waals surface area contributed by atoms with Crippen molar-refractivity contribution in [1.82, 2.24) is 24.6 Å². The van der Waals surface area contributed by atoms with Crippen LogP contribution in [0.4, 0.5) is 0 Å². The quantitative estimate of drug-likeness (QED) is 0.697. The molecular formula is C21H25N5O. The van der Waals surface area contributed by atoms with Crippen molar-refractivity contribution in [3.05, 3.63) is 60.2 Å². The van der Waals surface area contributed by atoms with Crippen molar-refractivity contribution < 1.29 is 4.74 Å². The van der Waals surface area contributed by atoms with Crippen LogP contribution in [-0.2, 0) is 4.74 Å². The first-order valence-corrected chi connectivity index (χ1v) is 9.46. The van der Waals surface area contributed by atoms with Crippen LogP contribution in [-0.4, -0.2) is 57.5 Å². The minimum atomic E-state index is 0.255.